The van der Waals surface area contributed by atoms with Crippen LogP contribution in [0.15, 0.2) is 109 Å². The summed E-state index contributed by atoms with van der Waals surface area (Å²) in [7, 11) is 0. The standard InChI is InChI=1S/C58H95NO10/c1-4-7-10-13-16-19-22-25-28-30-33-36-39-42-45-51(62)57(66)59-49(50(61)44-41-38-35-32-29-26-23-20-17-14-11-8-5-2)48-67-58-56(55(65)54(64)52(47-60)68-58)69-53(63)46-43-40-37-34-31-27-24-21-18-15-12-9-6-3/h7,9-10,12-13,15-16,18-19,21-22,24-25,27-28,31,41,44,49-52,54-56,58,60-62,64-65H,4-6,8,11,14,17,20,23,26,29-30,32-40,42-43,45-48H2,1-3H3,(H,59,66)/b10-7+,12-9+,16-13+,18-15+,22-19+,24-21-,28-25-,31-27-,44-41+. The molecule has 11 nitrogen and oxygen atoms in total. The average Bonchev–Trinajstić information content (AvgIpc) is 3.34. The molecule has 0 saturated carbocycles. The SMILES string of the molecule is CC/C=C/C=C/C=C\C=C/CCCCCC(=O)OC1C(OCC(NC(=O)C(O)CCCCCC\C=C/C=C/C=C/C=C/CC)C(O)/C=C/CCCCCCCCCCCCC)OC(CO)C(O)C1O. The van der Waals surface area contributed by atoms with Crippen LogP contribution in [-0.2, 0) is 23.8 Å². The molecule has 1 rings (SSSR count). The number of aliphatic hydroxyl groups is 5. The van der Waals surface area contributed by atoms with Crippen molar-refractivity contribution in [3.63, 3.8) is 0 Å². The Labute approximate surface area is 418 Å². The van der Waals surface area contributed by atoms with Crippen LogP contribution in [0.1, 0.15) is 181 Å². The predicted molar refractivity (Wildman–Crippen MR) is 282 cm³/mol. The quantitative estimate of drug-likeness (QED) is 0.0149. The van der Waals surface area contributed by atoms with Gasteiger partial charge in [0.25, 0.3) is 0 Å². The molecule has 0 radical (unpaired) electrons. The minimum absolute atomic E-state index is 0.0681. The molecule has 0 aliphatic carbocycles. The number of esters is 1. The third-order valence-electron chi connectivity index (χ3n) is 11.9. The van der Waals surface area contributed by atoms with E-state index in [1.807, 2.05) is 79.0 Å². The Balaban J connectivity index is 2.83. The number of aliphatic hydroxyl groups excluding tert-OH is 5. The van der Waals surface area contributed by atoms with E-state index in [2.05, 4.69) is 50.4 Å². The first-order valence-corrected chi connectivity index (χ1v) is 26.8. The van der Waals surface area contributed by atoms with Crippen molar-refractivity contribution in [3.8, 4) is 0 Å². The Morgan fingerprint density at radius 3 is 1.57 bits per heavy atom. The zero-order valence-electron chi connectivity index (χ0n) is 42.9. The minimum Gasteiger partial charge on any atom is -0.454 e. The molecule has 0 bridgehead atoms. The van der Waals surface area contributed by atoms with Gasteiger partial charge in [-0.25, -0.2) is 0 Å². The molecule has 0 aromatic rings. The molecule has 8 unspecified atom stereocenters. The first-order valence-electron chi connectivity index (χ1n) is 26.8. The van der Waals surface area contributed by atoms with Crippen molar-refractivity contribution in [2.75, 3.05) is 13.2 Å². The fraction of sp³-hybridized carbons (Fsp3) is 0.655. The molecule has 1 amide bonds. The van der Waals surface area contributed by atoms with E-state index in [0.29, 0.717) is 12.8 Å². The van der Waals surface area contributed by atoms with Crippen LogP contribution in [-0.4, -0.2) is 99.6 Å². The maximum absolute atomic E-state index is 13.3. The molecule has 1 saturated heterocycles. The third-order valence-corrected chi connectivity index (χ3v) is 11.9. The van der Waals surface area contributed by atoms with Crippen molar-refractivity contribution in [3.05, 3.63) is 109 Å². The molecule has 0 aromatic carbocycles. The van der Waals surface area contributed by atoms with E-state index < -0.39 is 67.4 Å². The Morgan fingerprint density at radius 1 is 0.580 bits per heavy atom. The van der Waals surface area contributed by atoms with Gasteiger partial charge >= 0.3 is 5.97 Å². The number of amides is 1. The normalized spacial score (nSPS) is 20.7. The van der Waals surface area contributed by atoms with Crippen LogP contribution in [0.25, 0.3) is 0 Å². The zero-order valence-corrected chi connectivity index (χ0v) is 42.9. The minimum atomic E-state index is -1.64. The molecule has 69 heavy (non-hydrogen) atoms. The van der Waals surface area contributed by atoms with E-state index in [1.165, 1.54) is 51.4 Å². The van der Waals surface area contributed by atoms with E-state index in [-0.39, 0.29) is 19.4 Å². The van der Waals surface area contributed by atoms with Crippen molar-refractivity contribution in [2.24, 2.45) is 0 Å². The lowest BCUT2D eigenvalue weighted by atomic mass is 9.99. The van der Waals surface area contributed by atoms with Gasteiger partial charge in [-0.3, -0.25) is 9.59 Å². The Bertz CT molecular complexity index is 1530. The van der Waals surface area contributed by atoms with Gasteiger partial charge in [-0.1, -0.05) is 220 Å². The van der Waals surface area contributed by atoms with Crippen molar-refractivity contribution in [2.45, 2.75) is 230 Å². The van der Waals surface area contributed by atoms with E-state index in [4.69, 9.17) is 14.2 Å². The van der Waals surface area contributed by atoms with Crippen LogP contribution in [0.4, 0.5) is 0 Å². The molecule has 1 heterocycles. The van der Waals surface area contributed by atoms with Gasteiger partial charge in [0.2, 0.25) is 5.91 Å². The molecule has 1 aliphatic heterocycles. The van der Waals surface area contributed by atoms with Crippen molar-refractivity contribution in [1.82, 2.24) is 5.32 Å². The van der Waals surface area contributed by atoms with Gasteiger partial charge < -0.3 is 45.1 Å². The predicted octanol–water partition coefficient (Wildman–Crippen LogP) is 11.4. The van der Waals surface area contributed by atoms with Gasteiger partial charge in [0.1, 0.15) is 24.4 Å². The summed E-state index contributed by atoms with van der Waals surface area (Å²) in [5.41, 5.74) is 0. The van der Waals surface area contributed by atoms with Gasteiger partial charge in [-0.15, -0.1) is 0 Å². The van der Waals surface area contributed by atoms with Crippen LogP contribution >= 0.6 is 0 Å². The Hall–Kier alpha value is -3.68. The lowest BCUT2D eigenvalue weighted by molar-refractivity contribution is -0.305. The summed E-state index contributed by atoms with van der Waals surface area (Å²) >= 11 is 0. The average molecular weight is 966 g/mol. The van der Waals surface area contributed by atoms with Gasteiger partial charge in [0.15, 0.2) is 12.4 Å². The van der Waals surface area contributed by atoms with Crippen LogP contribution in [0, 0.1) is 0 Å². The van der Waals surface area contributed by atoms with Crippen LogP contribution < -0.4 is 5.32 Å². The second-order valence-corrected chi connectivity index (χ2v) is 18.0. The fourth-order valence-corrected chi connectivity index (χ4v) is 7.61. The number of rotatable bonds is 42. The molecule has 1 fully saturated rings. The maximum atomic E-state index is 13.3. The number of nitrogens with one attached hydrogen (secondary N) is 1. The molecular weight excluding hydrogens is 871 g/mol. The smallest absolute Gasteiger partial charge is 0.306 e. The molecule has 1 aliphatic rings. The highest BCUT2D eigenvalue weighted by molar-refractivity contribution is 5.80. The number of unbranched alkanes of at least 4 members (excludes halogenated alkanes) is 18. The highest BCUT2D eigenvalue weighted by atomic mass is 16.7. The number of hydrogen-bond donors (Lipinski definition) is 6. The van der Waals surface area contributed by atoms with E-state index in [9.17, 15) is 35.1 Å². The molecule has 392 valence electrons. The Morgan fingerprint density at radius 2 is 1.04 bits per heavy atom. The second-order valence-electron chi connectivity index (χ2n) is 18.0. The summed E-state index contributed by atoms with van der Waals surface area (Å²) in [5.74, 6) is -1.27. The van der Waals surface area contributed by atoms with E-state index in [0.717, 1.165) is 83.5 Å². The lowest BCUT2D eigenvalue weighted by Crippen LogP contribution is -2.61. The molecule has 11 heteroatoms. The van der Waals surface area contributed by atoms with Crippen LogP contribution in [0.3, 0.4) is 0 Å². The summed E-state index contributed by atoms with van der Waals surface area (Å²) < 4.78 is 17.5. The largest absolute Gasteiger partial charge is 0.454 e. The van der Waals surface area contributed by atoms with Gasteiger partial charge in [-0.2, -0.15) is 0 Å². The molecule has 6 N–H and O–H groups in total. The maximum Gasteiger partial charge on any atom is 0.306 e. The first-order chi connectivity index (χ1) is 33.7. The van der Waals surface area contributed by atoms with Crippen molar-refractivity contribution >= 4 is 11.9 Å². The lowest BCUT2D eigenvalue weighted by Gasteiger charge is -2.41. The first kappa shape index (κ1) is 63.3. The molecule has 8 atom stereocenters. The van der Waals surface area contributed by atoms with Crippen molar-refractivity contribution < 1.29 is 49.3 Å². The monoisotopic (exact) mass is 966 g/mol. The van der Waals surface area contributed by atoms with Crippen molar-refractivity contribution in [1.29, 1.82) is 0 Å². The number of hydrogen-bond acceptors (Lipinski definition) is 10. The van der Waals surface area contributed by atoms with Gasteiger partial charge in [0, 0.05) is 6.42 Å². The Kier molecular flexibility index (Phi) is 41.7. The molecule has 0 aromatic heterocycles. The number of carbonyl (C=O) groups is 2. The zero-order chi connectivity index (χ0) is 50.4. The van der Waals surface area contributed by atoms with E-state index >= 15 is 0 Å². The number of carbonyl (C=O) groups excluding carboxylic acids is 2. The highest BCUT2D eigenvalue weighted by Gasteiger charge is 2.47. The van der Waals surface area contributed by atoms with Crippen LogP contribution in [0.2, 0.25) is 0 Å². The van der Waals surface area contributed by atoms with Gasteiger partial charge in [0.05, 0.1) is 25.4 Å². The summed E-state index contributed by atoms with van der Waals surface area (Å²) in [5, 5.41) is 56.6. The summed E-state index contributed by atoms with van der Waals surface area (Å²) in [6, 6.07) is -1.05. The molecule has 0 spiro atoms. The third kappa shape index (κ3) is 34.3. The molecular formula is C58H95NO10. The second kappa shape index (κ2) is 45.5. The summed E-state index contributed by atoms with van der Waals surface area (Å²) in [6.07, 6.45) is 49.9. The number of ether oxygens (including phenoxy) is 3. The van der Waals surface area contributed by atoms with Crippen LogP contribution in [0.5, 0.6) is 0 Å². The summed E-state index contributed by atoms with van der Waals surface area (Å²) in [6.45, 7) is 5.43. The topological polar surface area (TPSA) is 175 Å². The summed E-state index contributed by atoms with van der Waals surface area (Å²) in [4.78, 5) is 26.4. The highest BCUT2D eigenvalue weighted by Crippen LogP contribution is 2.26. The van der Waals surface area contributed by atoms with E-state index in [1.54, 1.807) is 6.08 Å². The number of allylic oxidation sites excluding steroid dienone is 17. The van der Waals surface area contributed by atoms with Gasteiger partial charge in [-0.05, 0) is 64.2 Å². The fourth-order valence-electron chi connectivity index (χ4n) is 7.61.